The van der Waals surface area contributed by atoms with Gasteiger partial charge in [0.25, 0.3) is 0 Å². The van der Waals surface area contributed by atoms with Gasteiger partial charge >= 0.3 is 0 Å². The van der Waals surface area contributed by atoms with Crippen LogP contribution in [0, 0.1) is 13.8 Å². The lowest BCUT2D eigenvalue weighted by Gasteiger charge is -2.18. The van der Waals surface area contributed by atoms with Crippen LogP contribution < -0.4 is 0 Å². The van der Waals surface area contributed by atoms with Gasteiger partial charge in [0.1, 0.15) is 0 Å². The summed E-state index contributed by atoms with van der Waals surface area (Å²) in [7, 11) is -3.78. The lowest BCUT2D eigenvalue weighted by Crippen LogP contribution is -2.15. The quantitative estimate of drug-likeness (QED) is 0.169. The summed E-state index contributed by atoms with van der Waals surface area (Å²) in [5.41, 5.74) is 2.71. The molecule has 4 heteroatoms. The number of benzene rings is 3. The molecule has 0 fully saturated rings. The smallest absolute Gasteiger partial charge is 0.229 e. The van der Waals surface area contributed by atoms with Crippen LogP contribution in [0.3, 0.4) is 0 Å². The summed E-state index contributed by atoms with van der Waals surface area (Å²) < 4.78 is 14.1. The van der Waals surface area contributed by atoms with Crippen LogP contribution in [0.4, 0.5) is 0 Å². The second-order valence-corrected chi connectivity index (χ2v) is 12.2. The number of carbonyl (C=O) groups excluding carboxylic acids is 2. The van der Waals surface area contributed by atoms with Crippen molar-refractivity contribution in [3.63, 3.8) is 0 Å². The topological polar surface area (TPSA) is 51.2 Å². The molecule has 3 nitrogen and oxygen atoms in total. The number of hydrogen-bond acceptors (Lipinski definition) is 3. The van der Waals surface area contributed by atoms with E-state index in [1.54, 1.807) is 24.3 Å². The van der Waals surface area contributed by atoms with Crippen LogP contribution in [0.5, 0.6) is 0 Å². The normalized spacial score (nSPS) is 11.4. The number of aryl methyl sites for hydroxylation is 3. The molecule has 0 bridgehead atoms. The number of rotatable bonds is 14. The fraction of sp³-hybridized carbons (Fsp3) is 0.355. The molecule has 184 valence electrons. The molecule has 0 spiro atoms. The highest BCUT2D eigenvalue weighted by Crippen LogP contribution is 2.53. The van der Waals surface area contributed by atoms with Crippen LogP contribution >= 0.6 is 7.14 Å². The summed E-state index contributed by atoms with van der Waals surface area (Å²) in [6.45, 7) is 3.65. The van der Waals surface area contributed by atoms with E-state index in [4.69, 9.17) is 0 Å². The number of carbonyl (C=O) groups is 2. The zero-order valence-electron chi connectivity index (χ0n) is 21.0. The van der Waals surface area contributed by atoms with E-state index in [-0.39, 0.29) is 6.16 Å². The zero-order valence-corrected chi connectivity index (χ0v) is 21.9. The molecule has 0 atom stereocenters. The molecule has 0 heterocycles. The Balaban J connectivity index is 1.56. The Morgan fingerprint density at radius 3 is 1.51 bits per heavy atom. The maximum Gasteiger partial charge on any atom is 0.229 e. The molecule has 0 saturated carbocycles. The Morgan fingerprint density at radius 2 is 1.00 bits per heavy atom. The minimum atomic E-state index is -3.78. The zero-order chi connectivity index (χ0) is 25.1. The molecule has 0 saturated heterocycles. The summed E-state index contributed by atoms with van der Waals surface area (Å²) in [5.74, 6) is 0. The van der Waals surface area contributed by atoms with Crippen molar-refractivity contribution in [3.8, 4) is 0 Å². The van der Waals surface area contributed by atoms with E-state index >= 15 is 0 Å². The molecule has 0 aliphatic carbocycles. The summed E-state index contributed by atoms with van der Waals surface area (Å²) in [6, 6.07) is 24.8. The Morgan fingerprint density at radius 1 is 0.571 bits per heavy atom. The molecule has 3 aromatic carbocycles. The highest BCUT2D eigenvalue weighted by molar-refractivity contribution is 7.95. The first-order valence-electron chi connectivity index (χ1n) is 12.8. The third-order valence-electron chi connectivity index (χ3n) is 6.69. The van der Waals surface area contributed by atoms with Crippen LogP contribution in [-0.2, 0) is 11.0 Å². The van der Waals surface area contributed by atoms with Gasteiger partial charge in [0.15, 0.2) is 0 Å². The molecule has 0 N–H and O–H groups in total. The third kappa shape index (κ3) is 7.36. The minimum absolute atomic E-state index is 0.140. The van der Waals surface area contributed by atoms with Crippen molar-refractivity contribution in [2.75, 3.05) is 6.16 Å². The first-order chi connectivity index (χ1) is 16.9. The first kappa shape index (κ1) is 26.8. The van der Waals surface area contributed by atoms with Crippen molar-refractivity contribution in [1.82, 2.24) is 0 Å². The summed E-state index contributed by atoms with van der Waals surface area (Å²) >= 11 is 0. The molecule has 35 heavy (non-hydrogen) atoms. The predicted octanol–water partition coefficient (Wildman–Crippen LogP) is 8.62. The van der Waals surface area contributed by atoms with Gasteiger partial charge in [-0.2, -0.15) is 0 Å². The Kier molecular flexibility index (Phi) is 10.2. The molecule has 0 unspecified atom stereocenters. The molecular weight excluding hydrogens is 451 g/mol. The SMILES string of the molecule is Cc1ccccc1C(=O)P(=O)(CCCCCCCCCc1ccccc1)C(=O)c1ccccc1C. The van der Waals surface area contributed by atoms with Crippen molar-refractivity contribution in [2.45, 2.75) is 65.2 Å². The molecule has 0 aliphatic heterocycles. The molecule has 0 radical (unpaired) electrons. The van der Waals surface area contributed by atoms with Gasteiger partial charge in [-0.3, -0.25) is 9.59 Å². The lowest BCUT2D eigenvalue weighted by atomic mass is 10.0. The van der Waals surface area contributed by atoms with Gasteiger partial charge in [-0.1, -0.05) is 111 Å². The molecule has 3 rings (SSSR count). The first-order valence-corrected chi connectivity index (χ1v) is 14.7. The van der Waals surface area contributed by atoms with E-state index in [2.05, 4.69) is 24.3 Å². The Hall–Kier alpha value is -2.77. The van der Waals surface area contributed by atoms with Gasteiger partial charge in [0.2, 0.25) is 18.2 Å². The van der Waals surface area contributed by atoms with E-state index in [1.807, 2.05) is 44.2 Å². The van der Waals surface area contributed by atoms with Gasteiger partial charge in [0, 0.05) is 17.3 Å². The average molecular weight is 489 g/mol. The van der Waals surface area contributed by atoms with Gasteiger partial charge in [-0.05, 0) is 49.8 Å². The van der Waals surface area contributed by atoms with Crippen molar-refractivity contribution in [3.05, 3.63) is 107 Å². The average Bonchev–Trinajstić information content (AvgIpc) is 2.88. The number of unbranched alkanes of at least 4 members (excludes halogenated alkanes) is 6. The van der Waals surface area contributed by atoms with Crippen LogP contribution in [-0.4, -0.2) is 17.2 Å². The van der Waals surface area contributed by atoms with E-state index in [0.717, 1.165) is 36.8 Å². The highest BCUT2D eigenvalue weighted by Gasteiger charge is 2.41. The van der Waals surface area contributed by atoms with Crippen LogP contribution in [0.2, 0.25) is 0 Å². The van der Waals surface area contributed by atoms with E-state index in [9.17, 15) is 14.2 Å². The largest absolute Gasteiger partial charge is 0.307 e. The summed E-state index contributed by atoms with van der Waals surface area (Å²) in [5, 5.41) is 0. The standard InChI is InChI=1S/C31H37O3P/c1-25-17-12-14-22-28(25)30(32)35(34,31(33)29-23-15-13-18-26(29)2)24-16-7-5-3-4-6-9-19-27-20-10-8-11-21-27/h8,10-15,17-18,20-23H,3-7,9,16,19,24H2,1-2H3. The Bertz CT molecular complexity index is 1110. The summed E-state index contributed by atoms with van der Waals surface area (Å²) in [4.78, 5) is 27.0. The third-order valence-corrected chi connectivity index (χ3v) is 9.43. The van der Waals surface area contributed by atoms with Crippen molar-refractivity contribution in [1.29, 1.82) is 0 Å². The number of hydrogen-bond donors (Lipinski definition) is 0. The highest BCUT2D eigenvalue weighted by atomic mass is 31.2. The monoisotopic (exact) mass is 488 g/mol. The van der Waals surface area contributed by atoms with Crippen LogP contribution in [0.25, 0.3) is 0 Å². The van der Waals surface area contributed by atoms with Gasteiger partial charge in [-0.25, -0.2) is 0 Å². The second-order valence-electron chi connectivity index (χ2n) is 9.41. The Labute approximate surface area is 210 Å². The van der Waals surface area contributed by atoms with E-state index < -0.39 is 18.2 Å². The van der Waals surface area contributed by atoms with Crippen LogP contribution in [0.1, 0.15) is 82.4 Å². The minimum Gasteiger partial charge on any atom is -0.307 e. The van der Waals surface area contributed by atoms with Crippen molar-refractivity contribution >= 4 is 18.2 Å². The fourth-order valence-electron chi connectivity index (χ4n) is 4.50. The van der Waals surface area contributed by atoms with Gasteiger partial charge in [0.05, 0.1) is 0 Å². The summed E-state index contributed by atoms with van der Waals surface area (Å²) in [6.07, 6.45) is 8.47. The maximum absolute atomic E-state index is 14.1. The van der Waals surface area contributed by atoms with Crippen LogP contribution in [0.15, 0.2) is 78.9 Å². The van der Waals surface area contributed by atoms with Gasteiger partial charge in [-0.15, -0.1) is 0 Å². The molecule has 3 aromatic rings. The van der Waals surface area contributed by atoms with E-state index in [1.165, 1.54) is 24.8 Å². The predicted molar refractivity (Wildman–Crippen MR) is 146 cm³/mol. The molecule has 0 aliphatic rings. The molecule has 0 amide bonds. The lowest BCUT2D eigenvalue weighted by molar-refractivity contribution is 0.103. The van der Waals surface area contributed by atoms with Crippen molar-refractivity contribution in [2.24, 2.45) is 0 Å². The fourth-order valence-corrected chi connectivity index (χ4v) is 7.04. The second kappa shape index (κ2) is 13.4. The maximum atomic E-state index is 14.1. The van der Waals surface area contributed by atoms with E-state index in [0.29, 0.717) is 17.5 Å². The van der Waals surface area contributed by atoms with Crippen molar-refractivity contribution < 1.29 is 14.2 Å². The van der Waals surface area contributed by atoms with Gasteiger partial charge < -0.3 is 4.57 Å². The molecular formula is C31H37O3P. The molecule has 0 aromatic heterocycles.